The summed E-state index contributed by atoms with van der Waals surface area (Å²) in [4.78, 5) is 32.4. The van der Waals surface area contributed by atoms with Crippen molar-refractivity contribution in [2.24, 2.45) is 7.05 Å². The summed E-state index contributed by atoms with van der Waals surface area (Å²) in [5.74, 6) is -0.219. The first-order chi connectivity index (χ1) is 17.8. The number of aromatic nitrogens is 4. The third-order valence-electron chi connectivity index (χ3n) is 6.23. The number of hydrogen-bond donors (Lipinski definition) is 1. The van der Waals surface area contributed by atoms with Crippen molar-refractivity contribution in [3.8, 4) is 16.8 Å². The number of nitrogens with zero attached hydrogens (tertiary/aromatic N) is 5. The highest BCUT2D eigenvalue weighted by Crippen LogP contribution is 2.30. The number of carbonyl (C=O) groups excluding carboxylic acids is 1. The first kappa shape index (κ1) is 24.1. The van der Waals surface area contributed by atoms with Gasteiger partial charge in [0.05, 0.1) is 22.9 Å². The molecule has 0 fully saturated rings. The van der Waals surface area contributed by atoms with Gasteiger partial charge in [0.2, 0.25) is 5.91 Å². The largest absolute Gasteiger partial charge is 0.322 e. The molecule has 3 aromatic heterocycles. The Labute approximate surface area is 214 Å². The minimum atomic E-state index is -0.219. The molecular formula is C29H28N6O2. The van der Waals surface area contributed by atoms with Crippen LogP contribution in [0.4, 0.5) is 5.69 Å². The van der Waals surface area contributed by atoms with Gasteiger partial charge in [-0.1, -0.05) is 18.2 Å². The highest BCUT2D eigenvalue weighted by atomic mass is 16.1. The maximum Gasteiger partial charge on any atom is 0.255 e. The predicted octanol–water partition coefficient (Wildman–Crippen LogP) is 4.30. The lowest BCUT2D eigenvalue weighted by Gasteiger charge is -2.15. The Morgan fingerprint density at radius 1 is 1.05 bits per heavy atom. The van der Waals surface area contributed by atoms with Gasteiger partial charge in [0, 0.05) is 60.2 Å². The molecule has 0 radical (unpaired) electrons. The van der Waals surface area contributed by atoms with E-state index in [-0.39, 0.29) is 11.5 Å². The van der Waals surface area contributed by atoms with Gasteiger partial charge in [0.1, 0.15) is 0 Å². The standard InChI is InChI=1S/C29H28N6O2/c1-19-7-10-23(15-26(19)32-27(36)6-5-13-33(2)3)35-28(37)12-9-21-16-30-25-11-8-20(14-24(25)29(21)35)22-17-31-34(4)18-22/h5-12,14-18H,13H2,1-4H3,(H,32,36)/b6-5+. The average Bonchev–Trinajstić information content (AvgIpc) is 3.31. The van der Waals surface area contributed by atoms with Gasteiger partial charge in [-0.3, -0.25) is 23.8 Å². The third-order valence-corrected chi connectivity index (χ3v) is 6.23. The Morgan fingerprint density at radius 3 is 2.65 bits per heavy atom. The Kier molecular flexibility index (Phi) is 6.42. The van der Waals surface area contributed by atoms with Crippen LogP contribution < -0.4 is 10.9 Å². The summed E-state index contributed by atoms with van der Waals surface area (Å²) in [6.45, 7) is 2.59. The summed E-state index contributed by atoms with van der Waals surface area (Å²) in [6.07, 6.45) is 8.88. The molecule has 5 aromatic rings. The van der Waals surface area contributed by atoms with E-state index in [1.54, 1.807) is 27.6 Å². The number of benzene rings is 2. The molecule has 0 atom stereocenters. The van der Waals surface area contributed by atoms with Gasteiger partial charge >= 0.3 is 0 Å². The quantitative estimate of drug-likeness (QED) is 0.282. The molecule has 0 aliphatic carbocycles. The fraction of sp³-hybridized carbons (Fsp3) is 0.172. The Bertz CT molecular complexity index is 1730. The SMILES string of the molecule is Cc1ccc(-n2c(=O)ccc3cnc4ccc(-c5cnn(C)c5)cc4c32)cc1NC(=O)/C=C/CN(C)C. The van der Waals surface area contributed by atoms with E-state index in [1.807, 2.05) is 87.8 Å². The minimum Gasteiger partial charge on any atom is -0.322 e. The molecule has 1 N–H and O–H groups in total. The summed E-state index contributed by atoms with van der Waals surface area (Å²) in [5, 5.41) is 8.93. The molecule has 186 valence electrons. The Morgan fingerprint density at radius 2 is 1.89 bits per heavy atom. The minimum absolute atomic E-state index is 0.168. The number of amides is 1. The van der Waals surface area contributed by atoms with E-state index in [0.717, 1.165) is 38.5 Å². The second-order valence-corrected chi connectivity index (χ2v) is 9.36. The van der Waals surface area contributed by atoms with Crippen molar-refractivity contribution in [2.75, 3.05) is 26.0 Å². The second kappa shape index (κ2) is 9.83. The van der Waals surface area contributed by atoms with Crippen molar-refractivity contribution in [2.45, 2.75) is 6.92 Å². The van der Waals surface area contributed by atoms with Gasteiger partial charge < -0.3 is 10.2 Å². The van der Waals surface area contributed by atoms with Crippen molar-refractivity contribution < 1.29 is 4.79 Å². The molecule has 0 spiro atoms. The van der Waals surface area contributed by atoms with Crippen LogP contribution in [0.5, 0.6) is 0 Å². The first-order valence-electron chi connectivity index (χ1n) is 12.0. The zero-order valence-corrected chi connectivity index (χ0v) is 21.3. The van der Waals surface area contributed by atoms with E-state index in [4.69, 9.17) is 0 Å². The smallest absolute Gasteiger partial charge is 0.255 e. The lowest BCUT2D eigenvalue weighted by atomic mass is 10.0. The molecule has 0 saturated heterocycles. The van der Waals surface area contributed by atoms with E-state index in [1.165, 1.54) is 6.08 Å². The number of nitrogens with one attached hydrogen (secondary N) is 1. The molecule has 3 heterocycles. The molecule has 37 heavy (non-hydrogen) atoms. The predicted molar refractivity (Wildman–Crippen MR) is 148 cm³/mol. The number of anilines is 1. The molecule has 1 amide bonds. The van der Waals surface area contributed by atoms with E-state index in [9.17, 15) is 9.59 Å². The molecular weight excluding hydrogens is 464 g/mol. The lowest BCUT2D eigenvalue weighted by molar-refractivity contribution is -0.111. The summed E-state index contributed by atoms with van der Waals surface area (Å²) < 4.78 is 3.44. The number of carbonyl (C=O) groups is 1. The molecule has 8 heteroatoms. The number of pyridine rings is 2. The van der Waals surface area contributed by atoms with Crippen LogP contribution in [0.25, 0.3) is 38.6 Å². The maximum absolute atomic E-state index is 13.3. The maximum atomic E-state index is 13.3. The molecule has 0 aliphatic rings. The van der Waals surface area contributed by atoms with Gasteiger partial charge in [-0.2, -0.15) is 5.10 Å². The fourth-order valence-electron chi connectivity index (χ4n) is 4.35. The first-order valence-corrected chi connectivity index (χ1v) is 12.0. The number of fused-ring (bicyclic) bond motifs is 3. The highest BCUT2D eigenvalue weighted by molar-refractivity contribution is 6.05. The molecule has 0 bridgehead atoms. The number of likely N-dealkylation sites (N-methyl/N-ethyl adjacent to an activating group) is 1. The van der Waals surface area contributed by atoms with Gasteiger partial charge in [-0.05, 0) is 62.5 Å². The second-order valence-electron chi connectivity index (χ2n) is 9.36. The van der Waals surface area contributed by atoms with Crippen molar-refractivity contribution in [1.82, 2.24) is 24.2 Å². The van der Waals surface area contributed by atoms with Crippen molar-refractivity contribution >= 4 is 33.4 Å². The number of hydrogen-bond acceptors (Lipinski definition) is 5. The van der Waals surface area contributed by atoms with E-state index in [0.29, 0.717) is 17.9 Å². The van der Waals surface area contributed by atoms with Crippen LogP contribution in [0, 0.1) is 6.92 Å². The summed E-state index contributed by atoms with van der Waals surface area (Å²) in [6, 6.07) is 15.0. The fourth-order valence-corrected chi connectivity index (χ4v) is 4.35. The van der Waals surface area contributed by atoms with Crippen molar-refractivity contribution in [3.63, 3.8) is 0 Å². The lowest BCUT2D eigenvalue weighted by Crippen LogP contribution is -2.18. The zero-order valence-electron chi connectivity index (χ0n) is 21.3. The highest BCUT2D eigenvalue weighted by Gasteiger charge is 2.13. The average molecular weight is 493 g/mol. The van der Waals surface area contributed by atoms with Gasteiger partial charge in [-0.25, -0.2) is 0 Å². The number of aryl methyl sites for hydroxylation is 2. The van der Waals surface area contributed by atoms with Crippen LogP contribution in [-0.4, -0.2) is 50.8 Å². The van der Waals surface area contributed by atoms with E-state index >= 15 is 0 Å². The molecule has 0 saturated carbocycles. The molecule has 5 rings (SSSR count). The normalized spacial score (nSPS) is 11.7. The molecule has 0 aliphatic heterocycles. The van der Waals surface area contributed by atoms with Crippen LogP contribution in [0.2, 0.25) is 0 Å². The van der Waals surface area contributed by atoms with Gasteiger partial charge in [-0.15, -0.1) is 0 Å². The van der Waals surface area contributed by atoms with Crippen LogP contribution in [-0.2, 0) is 11.8 Å². The van der Waals surface area contributed by atoms with Crippen LogP contribution in [0.3, 0.4) is 0 Å². The monoisotopic (exact) mass is 492 g/mol. The van der Waals surface area contributed by atoms with Crippen LogP contribution in [0.1, 0.15) is 5.56 Å². The molecule has 0 unspecified atom stereocenters. The molecule has 8 nitrogen and oxygen atoms in total. The van der Waals surface area contributed by atoms with Gasteiger partial charge in [0.15, 0.2) is 0 Å². The summed E-state index contributed by atoms with van der Waals surface area (Å²) in [5.41, 5.74) is 5.55. The van der Waals surface area contributed by atoms with Crippen molar-refractivity contribution in [3.05, 3.63) is 95.2 Å². The van der Waals surface area contributed by atoms with E-state index < -0.39 is 0 Å². The third kappa shape index (κ3) is 4.92. The van der Waals surface area contributed by atoms with E-state index in [2.05, 4.69) is 15.4 Å². The van der Waals surface area contributed by atoms with Crippen molar-refractivity contribution in [1.29, 1.82) is 0 Å². The van der Waals surface area contributed by atoms with Crippen LogP contribution in [0.15, 0.2) is 84.1 Å². The molecule has 2 aromatic carbocycles. The topological polar surface area (TPSA) is 85.0 Å². The zero-order chi connectivity index (χ0) is 26.1. The summed E-state index contributed by atoms with van der Waals surface area (Å²) in [7, 11) is 5.76. The van der Waals surface area contributed by atoms with Gasteiger partial charge in [0.25, 0.3) is 5.56 Å². The summed E-state index contributed by atoms with van der Waals surface area (Å²) >= 11 is 0. The Hall–Kier alpha value is -4.56. The van der Waals surface area contributed by atoms with Crippen LogP contribution >= 0.6 is 0 Å². The Balaban J connectivity index is 1.65. The number of rotatable bonds is 6.